The van der Waals surface area contributed by atoms with Crippen molar-refractivity contribution in [2.75, 3.05) is 11.1 Å². The zero-order valence-corrected chi connectivity index (χ0v) is 20.4. The molecule has 12 heteroatoms. The normalized spacial score (nSPS) is 13.6. The van der Waals surface area contributed by atoms with Crippen LogP contribution in [0.15, 0.2) is 29.4 Å². The van der Waals surface area contributed by atoms with E-state index in [1.54, 1.807) is 11.6 Å². The Morgan fingerprint density at radius 2 is 2.09 bits per heavy atom. The molecular weight excluding hydrogens is 499 g/mol. The number of nitrogens with zero attached hydrogens (tertiary/aromatic N) is 4. The summed E-state index contributed by atoms with van der Waals surface area (Å²) in [6.07, 6.45) is 0.633. The SMILES string of the molecule is Cn1c(COc2cccc(C(F)(F)F)c2)nnc1SCC(=O)Nc1sc2c(c1C#N)CCCCC2. The number of benzene rings is 1. The van der Waals surface area contributed by atoms with Crippen molar-refractivity contribution >= 4 is 34.0 Å². The molecule has 0 radical (unpaired) electrons. The predicted molar refractivity (Wildman–Crippen MR) is 126 cm³/mol. The Bertz CT molecular complexity index is 1260. The number of thiophene rings is 1. The van der Waals surface area contributed by atoms with Crippen LogP contribution in [-0.2, 0) is 37.5 Å². The number of anilines is 1. The number of nitriles is 1. The molecule has 7 nitrogen and oxygen atoms in total. The summed E-state index contributed by atoms with van der Waals surface area (Å²) >= 11 is 2.65. The van der Waals surface area contributed by atoms with Crippen molar-refractivity contribution in [3.05, 3.63) is 51.7 Å². The molecular formula is C23H22F3N5O2S2. The fourth-order valence-corrected chi connectivity index (χ4v) is 5.73. The zero-order chi connectivity index (χ0) is 25.0. The molecule has 2 aromatic heterocycles. The molecule has 0 bridgehead atoms. The molecule has 0 saturated heterocycles. The molecule has 2 heterocycles. The summed E-state index contributed by atoms with van der Waals surface area (Å²) in [5.41, 5.74) is 0.839. The molecule has 1 aliphatic carbocycles. The second kappa shape index (κ2) is 10.7. The number of aryl methyl sites for hydroxylation is 1. The van der Waals surface area contributed by atoms with Crippen LogP contribution in [0.4, 0.5) is 18.2 Å². The van der Waals surface area contributed by atoms with E-state index in [-0.39, 0.29) is 24.0 Å². The third-order valence-corrected chi connectivity index (χ3v) is 7.80. The molecule has 184 valence electrons. The van der Waals surface area contributed by atoms with E-state index in [2.05, 4.69) is 21.6 Å². The number of carbonyl (C=O) groups is 1. The molecule has 0 fully saturated rings. The van der Waals surface area contributed by atoms with Crippen LogP contribution in [0.1, 0.15) is 46.7 Å². The number of halogens is 3. The maximum absolute atomic E-state index is 12.9. The summed E-state index contributed by atoms with van der Waals surface area (Å²) in [6.45, 7) is -0.0795. The summed E-state index contributed by atoms with van der Waals surface area (Å²) < 4.78 is 45.7. The summed E-state index contributed by atoms with van der Waals surface area (Å²) in [7, 11) is 1.69. The average molecular weight is 522 g/mol. The minimum atomic E-state index is -4.45. The Balaban J connectivity index is 1.34. The van der Waals surface area contributed by atoms with Crippen LogP contribution in [0.5, 0.6) is 5.75 Å². The van der Waals surface area contributed by atoms with E-state index in [4.69, 9.17) is 4.74 Å². The van der Waals surface area contributed by atoms with Crippen molar-refractivity contribution in [1.29, 1.82) is 5.26 Å². The number of ether oxygens (including phenoxy) is 1. The van der Waals surface area contributed by atoms with Gasteiger partial charge in [0.15, 0.2) is 11.0 Å². The van der Waals surface area contributed by atoms with E-state index in [0.29, 0.717) is 21.5 Å². The Kier molecular flexibility index (Phi) is 7.66. The number of aromatic nitrogens is 3. The molecule has 0 spiro atoms. The smallest absolute Gasteiger partial charge is 0.416 e. The van der Waals surface area contributed by atoms with Gasteiger partial charge in [-0.25, -0.2) is 0 Å². The number of fused-ring (bicyclic) bond motifs is 1. The van der Waals surface area contributed by atoms with E-state index < -0.39 is 11.7 Å². The largest absolute Gasteiger partial charge is 0.486 e. The van der Waals surface area contributed by atoms with Gasteiger partial charge < -0.3 is 14.6 Å². The summed E-state index contributed by atoms with van der Waals surface area (Å²) in [4.78, 5) is 13.7. The topological polar surface area (TPSA) is 92.8 Å². The van der Waals surface area contributed by atoms with Gasteiger partial charge in [-0.1, -0.05) is 24.2 Å². The van der Waals surface area contributed by atoms with E-state index in [9.17, 15) is 23.2 Å². The number of rotatable bonds is 7. The van der Waals surface area contributed by atoms with Crippen LogP contribution in [0.2, 0.25) is 0 Å². The quantitative estimate of drug-likeness (QED) is 0.333. The first-order valence-corrected chi connectivity index (χ1v) is 12.7. The van der Waals surface area contributed by atoms with Crippen LogP contribution in [0.3, 0.4) is 0 Å². The lowest BCUT2D eigenvalue weighted by Crippen LogP contribution is -2.14. The number of alkyl halides is 3. The third kappa shape index (κ3) is 5.97. The minimum absolute atomic E-state index is 0.0634. The van der Waals surface area contributed by atoms with Crippen molar-refractivity contribution in [2.45, 2.75) is 50.0 Å². The Morgan fingerprint density at radius 3 is 2.86 bits per heavy atom. The Hall–Kier alpha value is -3.04. The van der Waals surface area contributed by atoms with E-state index in [1.165, 1.54) is 40.1 Å². The summed E-state index contributed by atoms with van der Waals surface area (Å²) in [5, 5.41) is 21.6. The van der Waals surface area contributed by atoms with Crippen molar-refractivity contribution in [3.63, 3.8) is 0 Å². The van der Waals surface area contributed by atoms with Gasteiger partial charge >= 0.3 is 6.18 Å². The fraction of sp³-hybridized carbons (Fsp3) is 0.391. The highest BCUT2D eigenvalue weighted by molar-refractivity contribution is 7.99. The Labute approximate surface area is 208 Å². The first kappa shape index (κ1) is 25.1. The monoisotopic (exact) mass is 521 g/mol. The first-order chi connectivity index (χ1) is 16.8. The molecule has 1 amide bonds. The molecule has 0 unspecified atom stereocenters. The number of amides is 1. The van der Waals surface area contributed by atoms with E-state index in [0.717, 1.165) is 49.8 Å². The lowest BCUT2D eigenvalue weighted by atomic mass is 10.1. The van der Waals surface area contributed by atoms with Crippen LogP contribution in [-0.4, -0.2) is 26.4 Å². The fourth-order valence-electron chi connectivity index (χ4n) is 3.75. The number of carbonyl (C=O) groups excluding carboxylic acids is 1. The number of thioether (sulfide) groups is 1. The highest BCUT2D eigenvalue weighted by atomic mass is 32.2. The van der Waals surface area contributed by atoms with Gasteiger partial charge in [-0.15, -0.1) is 21.5 Å². The molecule has 3 aromatic rings. The van der Waals surface area contributed by atoms with Gasteiger partial charge in [0, 0.05) is 11.9 Å². The Morgan fingerprint density at radius 1 is 1.29 bits per heavy atom. The molecule has 1 aromatic carbocycles. The molecule has 0 atom stereocenters. The molecule has 4 rings (SSSR count). The first-order valence-electron chi connectivity index (χ1n) is 10.9. The van der Waals surface area contributed by atoms with Gasteiger partial charge in [0.05, 0.1) is 16.9 Å². The van der Waals surface area contributed by atoms with Gasteiger partial charge in [-0.2, -0.15) is 18.4 Å². The van der Waals surface area contributed by atoms with Crippen molar-refractivity contribution in [2.24, 2.45) is 7.05 Å². The molecule has 1 aliphatic rings. The number of hydrogen-bond acceptors (Lipinski definition) is 7. The summed E-state index contributed by atoms with van der Waals surface area (Å²) in [6, 6.07) is 6.86. The second-order valence-electron chi connectivity index (χ2n) is 7.99. The van der Waals surface area contributed by atoms with Gasteiger partial charge in [0.2, 0.25) is 5.91 Å². The van der Waals surface area contributed by atoms with Gasteiger partial charge in [0.25, 0.3) is 0 Å². The van der Waals surface area contributed by atoms with Crippen molar-refractivity contribution in [1.82, 2.24) is 14.8 Å². The lowest BCUT2D eigenvalue weighted by molar-refractivity contribution is -0.137. The molecule has 0 aliphatic heterocycles. The van der Waals surface area contributed by atoms with E-state index in [1.807, 2.05) is 0 Å². The standard InChI is InChI=1S/C23H22F3N5O2S2/c1-31-19(12-33-15-7-5-6-14(10-15)23(24,25)26)29-30-22(31)34-13-20(32)28-21-17(11-27)16-8-3-2-4-9-18(16)35-21/h5-7,10H,2-4,8-9,12-13H2,1H3,(H,28,32). The van der Waals surface area contributed by atoms with Crippen LogP contribution in [0.25, 0.3) is 0 Å². The van der Waals surface area contributed by atoms with Gasteiger partial charge in [-0.3, -0.25) is 4.79 Å². The molecule has 0 saturated carbocycles. The molecule has 35 heavy (non-hydrogen) atoms. The number of hydrogen-bond donors (Lipinski definition) is 1. The highest BCUT2D eigenvalue weighted by Gasteiger charge is 2.30. The zero-order valence-electron chi connectivity index (χ0n) is 18.8. The second-order valence-corrected chi connectivity index (χ2v) is 10.0. The maximum Gasteiger partial charge on any atom is 0.416 e. The maximum atomic E-state index is 12.9. The van der Waals surface area contributed by atoms with Gasteiger partial charge in [-0.05, 0) is 49.4 Å². The third-order valence-electron chi connectivity index (χ3n) is 5.57. The average Bonchev–Trinajstić information content (AvgIpc) is 3.24. The minimum Gasteiger partial charge on any atom is -0.486 e. The predicted octanol–water partition coefficient (Wildman–Crippen LogP) is 5.35. The van der Waals surface area contributed by atoms with E-state index >= 15 is 0 Å². The lowest BCUT2D eigenvalue weighted by Gasteiger charge is -2.10. The van der Waals surface area contributed by atoms with Crippen molar-refractivity contribution in [3.8, 4) is 11.8 Å². The molecule has 1 N–H and O–H groups in total. The van der Waals surface area contributed by atoms with Crippen LogP contribution < -0.4 is 10.1 Å². The van der Waals surface area contributed by atoms with Crippen molar-refractivity contribution < 1.29 is 22.7 Å². The number of nitrogens with one attached hydrogen (secondary N) is 1. The van der Waals surface area contributed by atoms with Crippen LogP contribution in [0, 0.1) is 11.3 Å². The van der Waals surface area contributed by atoms with Crippen LogP contribution >= 0.6 is 23.1 Å². The summed E-state index contributed by atoms with van der Waals surface area (Å²) in [5.74, 6) is 0.277. The van der Waals surface area contributed by atoms with Gasteiger partial charge in [0.1, 0.15) is 23.4 Å². The highest BCUT2D eigenvalue weighted by Crippen LogP contribution is 2.37.